The molecule has 5 heteroatoms. The third-order valence-corrected chi connectivity index (χ3v) is 5.38. The minimum atomic E-state index is 0.105. The molecule has 1 amide bonds. The number of carbonyl (C=O) groups excluding carboxylic acids is 1. The number of hydrogen-bond donors (Lipinski definition) is 2. The van der Waals surface area contributed by atoms with Crippen LogP contribution in [0.4, 0.5) is 5.69 Å². The van der Waals surface area contributed by atoms with Gasteiger partial charge in [-0.1, -0.05) is 18.2 Å². The van der Waals surface area contributed by atoms with E-state index in [1.165, 1.54) is 17.1 Å². The van der Waals surface area contributed by atoms with Crippen LogP contribution in [0.1, 0.15) is 18.4 Å². The number of benzene rings is 1. The molecule has 0 bridgehead atoms. The van der Waals surface area contributed by atoms with Crippen molar-refractivity contribution in [3.05, 3.63) is 29.8 Å². The molecule has 22 heavy (non-hydrogen) atoms. The number of nitrogens with zero attached hydrogens (tertiary/aromatic N) is 1. The van der Waals surface area contributed by atoms with Crippen molar-refractivity contribution < 1.29 is 4.79 Å². The minimum Gasteiger partial charge on any atom is -0.326 e. The zero-order valence-corrected chi connectivity index (χ0v) is 13.8. The fraction of sp³-hybridized carbons (Fsp3) is 0.588. The van der Waals surface area contributed by atoms with Gasteiger partial charge < -0.3 is 10.6 Å². The number of rotatable bonds is 4. The average molecular weight is 319 g/mol. The summed E-state index contributed by atoms with van der Waals surface area (Å²) >= 11 is 2.02. The third kappa shape index (κ3) is 4.24. The van der Waals surface area contributed by atoms with Crippen molar-refractivity contribution in [3.8, 4) is 0 Å². The lowest BCUT2D eigenvalue weighted by atomic mass is 9.98. The SMILES string of the molecule is O=C(Nc1ccccc1CN1CCSCC1)C1CCCNC1. The van der Waals surface area contributed by atoms with Gasteiger partial charge in [-0.05, 0) is 31.0 Å². The van der Waals surface area contributed by atoms with E-state index in [2.05, 4.69) is 27.7 Å². The predicted octanol–water partition coefficient (Wildman–Crippen LogP) is 2.17. The van der Waals surface area contributed by atoms with Crippen molar-refractivity contribution in [2.75, 3.05) is 43.0 Å². The van der Waals surface area contributed by atoms with Crippen LogP contribution in [-0.2, 0) is 11.3 Å². The molecule has 2 aliphatic heterocycles. The van der Waals surface area contributed by atoms with Gasteiger partial charge in [0.05, 0.1) is 5.92 Å². The number of para-hydroxylation sites is 1. The summed E-state index contributed by atoms with van der Waals surface area (Å²) in [5, 5.41) is 6.47. The van der Waals surface area contributed by atoms with Crippen LogP contribution in [0.25, 0.3) is 0 Å². The van der Waals surface area contributed by atoms with E-state index in [0.717, 1.165) is 51.3 Å². The van der Waals surface area contributed by atoms with Crippen molar-refractivity contribution in [2.24, 2.45) is 5.92 Å². The van der Waals surface area contributed by atoms with Gasteiger partial charge in [-0.3, -0.25) is 9.69 Å². The van der Waals surface area contributed by atoms with Gasteiger partial charge in [-0.25, -0.2) is 0 Å². The second kappa shape index (κ2) is 7.99. The molecule has 0 radical (unpaired) electrons. The number of anilines is 1. The summed E-state index contributed by atoms with van der Waals surface area (Å²) in [6.45, 7) is 5.05. The highest BCUT2D eigenvalue weighted by molar-refractivity contribution is 7.99. The molecule has 3 rings (SSSR count). The van der Waals surface area contributed by atoms with Crippen molar-refractivity contribution in [2.45, 2.75) is 19.4 Å². The van der Waals surface area contributed by atoms with E-state index >= 15 is 0 Å². The van der Waals surface area contributed by atoms with Crippen LogP contribution in [0.2, 0.25) is 0 Å². The third-order valence-electron chi connectivity index (χ3n) is 4.44. The Bertz CT molecular complexity index is 496. The van der Waals surface area contributed by atoms with Gasteiger partial charge in [0.1, 0.15) is 0 Å². The van der Waals surface area contributed by atoms with E-state index in [9.17, 15) is 4.79 Å². The van der Waals surface area contributed by atoms with Crippen molar-refractivity contribution in [3.63, 3.8) is 0 Å². The predicted molar refractivity (Wildman–Crippen MR) is 93.3 cm³/mol. The summed E-state index contributed by atoms with van der Waals surface area (Å²) in [7, 11) is 0. The van der Waals surface area contributed by atoms with Crippen LogP contribution in [-0.4, -0.2) is 48.5 Å². The molecule has 0 aromatic heterocycles. The second-order valence-electron chi connectivity index (χ2n) is 6.08. The molecule has 2 saturated heterocycles. The summed E-state index contributed by atoms with van der Waals surface area (Å²) < 4.78 is 0. The van der Waals surface area contributed by atoms with Gasteiger partial charge in [0.15, 0.2) is 0 Å². The molecule has 0 saturated carbocycles. The molecule has 0 aliphatic carbocycles. The first-order valence-corrected chi connectivity index (χ1v) is 9.38. The Kier molecular flexibility index (Phi) is 5.76. The molecule has 2 fully saturated rings. The van der Waals surface area contributed by atoms with E-state index in [1.807, 2.05) is 23.9 Å². The first-order chi connectivity index (χ1) is 10.8. The Balaban J connectivity index is 1.63. The number of carbonyl (C=O) groups is 1. The first-order valence-electron chi connectivity index (χ1n) is 8.22. The fourth-order valence-electron chi connectivity index (χ4n) is 3.09. The number of hydrogen-bond acceptors (Lipinski definition) is 4. The maximum absolute atomic E-state index is 12.4. The molecule has 120 valence electrons. The second-order valence-corrected chi connectivity index (χ2v) is 7.30. The van der Waals surface area contributed by atoms with E-state index in [1.54, 1.807) is 0 Å². The number of nitrogens with one attached hydrogen (secondary N) is 2. The molecule has 2 aliphatic rings. The van der Waals surface area contributed by atoms with Crippen LogP contribution in [0.5, 0.6) is 0 Å². The van der Waals surface area contributed by atoms with Gasteiger partial charge in [0.2, 0.25) is 5.91 Å². The molecule has 4 nitrogen and oxygen atoms in total. The summed E-state index contributed by atoms with van der Waals surface area (Å²) in [6, 6.07) is 8.23. The van der Waals surface area contributed by atoms with Crippen LogP contribution in [0.3, 0.4) is 0 Å². The van der Waals surface area contributed by atoms with Gasteiger partial charge in [-0.15, -0.1) is 0 Å². The van der Waals surface area contributed by atoms with Gasteiger partial charge in [-0.2, -0.15) is 11.8 Å². The highest BCUT2D eigenvalue weighted by atomic mass is 32.2. The maximum Gasteiger partial charge on any atom is 0.228 e. The molecular weight excluding hydrogens is 294 g/mol. The molecule has 2 heterocycles. The molecule has 1 aromatic carbocycles. The highest BCUT2D eigenvalue weighted by Crippen LogP contribution is 2.21. The lowest BCUT2D eigenvalue weighted by Crippen LogP contribution is -2.37. The molecule has 0 spiro atoms. The molecular formula is C17H25N3OS. The standard InChI is InChI=1S/C17H25N3OS/c21-17(14-5-3-7-18-12-14)19-16-6-2-1-4-15(16)13-20-8-10-22-11-9-20/h1-2,4,6,14,18H,3,5,7-13H2,(H,19,21). The van der Waals surface area contributed by atoms with Crippen molar-refractivity contribution in [1.82, 2.24) is 10.2 Å². The minimum absolute atomic E-state index is 0.105. The van der Waals surface area contributed by atoms with Crippen molar-refractivity contribution in [1.29, 1.82) is 0 Å². The van der Waals surface area contributed by atoms with Crippen LogP contribution in [0, 0.1) is 5.92 Å². The molecule has 1 aromatic rings. The number of piperidine rings is 1. The Morgan fingerprint density at radius 2 is 2.14 bits per heavy atom. The quantitative estimate of drug-likeness (QED) is 0.893. The number of amides is 1. The summed E-state index contributed by atoms with van der Waals surface area (Å²) in [6.07, 6.45) is 2.08. The van der Waals surface area contributed by atoms with E-state index in [0.29, 0.717) is 0 Å². The Hall–Kier alpha value is -1.04. The van der Waals surface area contributed by atoms with E-state index in [-0.39, 0.29) is 11.8 Å². The summed E-state index contributed by atoms with van der Waals surface area (Å²) in [4.78, 5) is 14.9. The monoisotopic (exact) mass is 319 g/mol. The lowest BCUT2D eigenvalue weighted by Gasteiger charge is -2.27. The molecule has 1 unspecified atom stereocenters. The normalized spacial score (nSPS) is 23.2. The molecule has 2 N–H and O–H groups in total. The lowest BCUT2D eigenvalue weighted by molar-refractivity contribution is -0.120. The van der Waals surface area contributed by atoms with Crippen LogP contribution < -0.4 is 10.6 Å². The zero-order chi connectivity index (χ0) is 15.2. The topological polar surface area (TPSA) is 44.4 Å². The Morgan fingerprint density at radius 3 is 2.91 bits per heavy atom. The van der Waals surface area contributed by atoms with Gasteiger partial charge in [0, 0.05) is 43.4 Å². The van der Waals surface area contributed by atoms with E-state index < -0.39 is 0 Å². The summed E-state index contributed by atoms with van der Waals surface area (Å²) in [5.74, 6) is 2.69. The maximum atomic E-state index is 12.4. The van der Waals surface area contributed by atoms with Crippen LogP contribution >= 0.6 is 11.8 Å². The van der Waals surface area contributed by atoms with Crippen molar-refractivity contribution >= 4 is 23.4 Å². The van der Waals surface area contributed by atoms with Crippen LogP contribution in [0.15, 0.2) is 24.3 Å². The molecule has 1 atom stereocenters. The number of thioether (sulfide) groups is 1. The zero-order valence-electron chi connectivity index (χ0n) is 13.0. The fourth-order valence-corrected chi connectivity index (χ4v) is 4.07. The summed E-state index contributed by atoms with van der Waals surface area (Å²) in [5.41, 5.74) is 2.21. The Labute approximate surface area is 137 Å². The largest absolute Gasteiger partial charge is 0.326 e. The smallest absolute Gasteiger partial charge is 0.228 e. The highest BCUT2D eigenvalue weighted by Gasteiger charge is 2.22. The first kappa shape index (κ1) is 15.8. The average Bonchev–Trinajstić information content (AvgIpc) is 2.58. The van der Waals surface area contributed by atoms with Gasteiger partial charge >= 0.3 is 0 Å². The van der Waals surface area contributed by atoms with E-state index in [4.69, 9.17) is 0 Å². The Morgan fingerprint density at radius 1 is 1.32 bits per heavy atom. The van der Waals surface area contributed by atoms with Gasteiger partial charge in [0.25, 0.3) is 0 Å².